The highest BCUT2D eigenvalue weighted by molar-refractivity contribution is 5.91. The Labute approximate surface area is 125 Å². The summed E-state index contributed by atoms with van der Waals surface area (Å²) in [6.07, 6.45) is 5.80. The second kappa shape index (κ2) is 6.29. The number of allylic oxidation sites excluding steroid dienone is 2. The second-order valence-corrected chi connectivity index (χ2v) is 5.88. The summed E-state index contributed by atoms with van der Waals surface area (Å²) in [6, 6.07) is 0. The highest BCUT2D eigenvalue weighted by Gasteiger charge is 2.44. The third-order valence-corrected chi connectivity index (χ3v) is 3.98. The van der Waals surface area contributed by atoms with Gasteiger partial charge in [0.25, 0.3) is 0 Å². The summed E-state index contributed by atoms with van der Waals surface area (Å²) in [5.74, 6) is -1.05. The topological polar surface area (TPSA) is 52.6 Å². The predicted octanol–water partition coefficient (Wildman–Crippen LogP) is 3.09. The van der Waals surface area contributed by atoms with Crippen LogP contribution in [0, 0.1) is 5.92 Å². The standard InChI is InChI=1S/C17H22O4/c1-10-6-5-7-11(2)9-15-16(12(3)17(19)21-15)14(8-10)20-13(4)18/h6,9,14-16H,3,5,7-8H2,1-2,4H3/b10-6-,11-9+/t14-,15-,16-/m1/s1. The second-order valence-electron chi connectivity index (χ2n) is 5.88. The maximum atomic E-state index is 11.9. The lowest BCUT2D eigenvalue weighted by atomic mass is 9.85. The molecule has 1 aliphatic heterocycles. The molecule has 0 aromatic heterocycles. The van der Waals surface area contributed by atoms with Crippen molar-refractivity contribution in [1.82, 2.24) is 0 Å². The third-order valence-electron chi connectivity index (χ3n) is 3.98. The van der Waals surface area contributed by atoms with Gasteiger partial charge in [-0.15, -0.1) is 0 Å². The molecular weight excluding hydrogens is 268 g/mol. The lowest BCUT2D eigenvalue weighted by molar-refractivity contribution is -0.149. The monoisotopic (exact) mass is 290 g/mol. The largest absolute Gasteiger partial charge is 0.461 e. The minimum Gasteiger partial charge on any atom is -0.461 e. The Bertz CT molecular complexity index is 527. The molecular formula is C17H22O4. The van der Waals surface area contributed by atoms with Gasteiger partial charge in [0.05, 0.1) is 5.92 Å². The van der Waals surface area contributed by atoms with Gasteiger partial charge in [-0.3, -0.25) is 4.79 Å². The average molecular weight is 290 g/mol. The lowest BCUT2D eigenvalue weighted by Crippen LogP contribution is -2.32. The van der Waals surface area contributed by atoms with Crippen molar-refractivity contribution in [2.24, 2.45) is 5.92 Å². The van der Waals surface area contributed by atoms with Crippen molar-refractivity contribution in [3.63, 3.8) is 0 Å². The smallest absolute Gasteiger partial charge is 0.334 e. The highest BCUT2D eigenvalue weighted by Crippen LogP contribution is 2.36. The summed E-state index contributed by atoms with van der Waals surface area (Å²) in [6.45, 7) is 9.27. The Hall–Kier alpha value is -1.84. The third kappa shape index (κ3) is 3.63. The molecule has 1 saturated heterocycles. The van der Waals surface area contributed by atoms with Crippen molar-refractivity contribution in [3.05, 3.63) is 35.5 Å². The van der Waals surface area contributed by atoms with Crippen LogP contribution in [0.4, 0.5) is 0 Å². The molecule has 0 amide bonds. The fraction of sp³-hybridized carbons (Fsp3) is 0.529. The minimum atomic E-state index is -0.412. The zero-order valence-corrected chi connectivity index (χ0v) is 12.8. The zero-order chi connectivity index (χ0) is 15.6. The molecule has 114 valence electrons. The van der Waals surface area contributed by atoms with E-state index in [0.717, 1.165) is 18.4 Å². The van der Waals surface area contributed by atoms with E-state index in [4.69, 9.17) is 9.47 Å². The van der Waals surface area contributed by atoms with Crippen LogP contribution < -0.4 is 0 Å². The summed E-state index contributed by atoms with van der Waals surface area (Å²) in [4.78, 5) is 23.2. The average Bonchev–Trinajstić information content (AvgIpc) is 2.62. The van der Waals surface area contributed by atoms with Crippen LogP contribution in [0.5, 0.6) is 0 Å². The number of rotatable bonds is 1. The van der Waals surface area contributed by atoms with Crippen molar-refractivity contribution in [2.45, 2.75) is 52.2 Å². The fourth-order valence-electron chi connectivity index (χ4n) is 2.95. The lowest BCUT2D eigenvalue weighted by Gasteiger charge is -2.26. The molecule has 4 heteroatoms. The first-order valence-electron chi connectivity index (χ1n) is 7.28. The van der Waals surface area contributed by atoms with Gasteiger partial charge in [-0.1, -0.05) is 23.8 Å². The van der Waals surface area contributed by atoms with Gasteiger partial charge in [-0.05, 0) is 32.8 Å². The van der Waals surface area contributed by atoms with Crippen molar-refractivity contribution in [1.29, 1.82) is 0 Å². The molecule has 2 aliphatic rings. The maximum absolute atomic E-state index is 11.9. The van der Waals surface area contributed by atoms with Gasteiger partial charge in [0, 0.05) is 18.9 Å². The Morgan fingerprint density at radius 2 is 2.10 bits per heavy atom. The van der Waals surface area contributed by atoms with Gasteiger partial charge >= 0.3 is 11.9 Å². The Morgan fingerprint density at radius 1 is 1.38 bits per heavy atom. The van der Waals surface area contributed by atoms with Crippen molar-refractivity contribution in [2.75, 3.05) is 0 Å². The van der Waals surface area contributed by atoms with Crippen LogP contribution in [0.2, 0.25) is 0 Å². The summed E-state index contributed by atoms with van der Waals surface area (Å²) in [5.41, 5.74) is 2.71. The molecule has 0 saturated carbocycles. The quantitative estimate of drug-likeness (QED) is 0.423. The molecule has 0 bridgehead atoms. The fourth-order valence-corrected chi connectivity index (χ4v) is 2.95. The van der Waals surface area contributed by atoms with E-state index < -0.39 is 12.1 Å². The Balaban J connectivity index is 2.39. The van der Waals surface area contributed by atoms with E-state index in [1.54, 1.807) is 0 Å². The maximum Gasteiger partial charge on any atom is 0.334 e. The van der Waals surface area contributed by atoms with Crippen LogP contribution in [0.1, 0.15) is 40.0 Å². The highest BCUT2D eigenvalue weighted by atomic mass is 16.6. The number of hydrogen-bond acceptors (Lipinski definition) is 4. The Kier molecular flexibility index (Phi) is 4.66. The molecule has 0 spiro atoms. The van der Waals surface area contributed by atoms with E-state index in [0.29, 0.717) is 12.0 Å². The van der Waals surface area contributed by atoms with Gasteiger partial charge in [0.15, 0.2) is 0 Å². The van der Waals surface area contributed by atoms with E-state index in [9.17, 15) is 9.59 Å². The van der Waals surface area contributed by atoms with Gasteiger partial charge in [-0.2, -0.15) is 0 Å². The van der Waals surface area contributed by atoms with Crippen LogP contribution >= 0.6 is 0 Å². The van der Waals surface area contributed by atoms with E-state index in [-0.39, 0.29) is 18.0 Å². The van der Waals surface area contributed by atoms with Crippen LogP contribution in [0.25, 0.3) is 0 Å². The first-order valence-corrected chi connectivity index (χ1v) is 7.28. The number of fused-ring (bicyclic) bond motifs is 1. The molecule has 0 radical (unpaired) electrons. The van der Waals surface area contributed by atoms with E-state index in [1.165, 1.54) is 12.5 Å². The number of carbonyl (C=O) groups excluding carboxylic acids is 2. The van der Waals surface area contributed by atoms with Crippen LogP contribution in [0.3, 0.4) is 0 Å². The molecule has 2 rings (SSSR count). The molecule has 1 heterocycles. The molecule has 21 heavy (non-hydrogen) atoms. The summed E-state index contributed by atoms with van der Waals surface area (Å²) < 4.78 is 10.9. The number of carbonyl (C=O) groups is 2. The number of hydrogen-bond donors (Lipinski definition) is 0. The SMILES string of the molecule is C=C1C(=O)O[C@@H]2/C=C(\C)CC/C=C(/C)C[C@@H](OC(C)=O)[C@@H]12. The molecule has 3 atom stereocenters. The molecule has 0 aromatic rings. The summed E-state index contributed by atoms with van der Waals surface area (Å²) in [5, 5.41) is 0. The molecule has 1 aliphatic carbocycles. The summed E-state index contributed by atoms with van der Waals surface area (Å²) in [7, 11) is 0. The first kappa shape index (κ1) is 15.5. The zero-order valence-electron chi connectivity index (χ0n) is 12.8. The van der Waals surface area contributed by atoms with E-state index in [2.05, 4.69) is 12.7 Å². The normalized spacial score (nSPS) is 34.9. The molecule has 1 fully saturated rings. The van der Waals surface area contributed by atoms with E-state index in [1.807, 2.05) is 19.9 Å². The predicted molar refractivity (Wildman–Crippen MR) is 79.4 cm³/mol. The van der Waals surface area contributed by atoms with Crippen molar-refractivity contribution < 1.29 is 19.1 Å². The van der Waals surface area contributed by atoms with Crippen LogP contribution in [0.15, 0.2) is 35.5 Å². The molecule has 4 nitrogen and oxygen atoms in total. The Morgan fingerprint density at radius 3 is 2.76 bits per heavy atom. The van der Waals surface area contributed by atoms with Crippen LogP contribution in [-0.2, 0) is 19.1 Å². The van der Waals surface area contributed by atoms with Crippen molar-refractivity contribution >= 4 is 11.9 Å². The number of ether oxygens (including phenoxy) is 2. The first-order chi connectivity index (χ1) is 9.88. The molecule has 0 N–H and O–H groups in total. The van der Waals surface area contributed by atoms with Gasteiger partial charge in [-0.25, -0.2) is 4.79 Å². The van der Waals surface area contributed by atoms with Crippen LogP contribution in [-0.4, -0.2) is 24.1 Å². The van der Waals surface area contributed by atoms with Gasteiger partial charge in [0.2, 0.25) is 0 Å². The van der Waals surface area contributed by atoms with Gasteiger partial charge < -0.3 is 9.47 Å². The summed E-state index contributed by atoms with van der Waals surface area (Å²) >= 11 is 0. The van der Waals surface area contributed by atoms with Gasteiger partial charge in [0.1, 0.15) is 12.2 Å². The number of esters is 2. The van der Waals surface area contributed by atoms with E-state index >= 15 is 0 Å². The van der Waals surface area contributed by atoms with Crippen molar-refractivity contribution in [3.8, 4) is 0 Å². The molecule has 0 unspecified atom stereocenters. The minimum absolute atomic E-state index is 0.308. The molecule has 0 aromatic carbocycles.